The first-order chi connectivity index (χ1) is 12.1. The molecule has 0 spiro atoms. The number of carbonyl (C=O) groups excluding carboxylic acids is 1. The van der Waals surface area contributed by atoms with Crippen molar-refractivity contribution in [2.75, 3.05) is 10.6 Å². The number of hydrogen-bond acceptors (Lipinski definition) is 4. The van der Waals surface area contributed by atoms with Crippen LogP contribution >= 0.6 is 11.6 Å². The lowest BCUT2D eigenvalue weighted by Crippen LogP contribution is -2.14. The monoisotopic (exact) mass is 352 g/mol. The highest BCUT2D eigenvalue weighted by molar-refractivity contribution is 6.31. The average molecular weight is 353 g/mol. The van der Waals surface area contributed by atoms with Crippen molar-refractivity contribution >= 4 is 29.1 Å². The second-order valence-electron chi connectivity index (χ2n) is 5.54. The van der Waals surface area contributed by atoms with Gasteiger partial charge in [0.25, 0.3) is 5.91 Å². The Bertz CT molecular complexity index is 853. The van der Waals surface area contributed by atoms with Crippen LogP contribution in [0.15, 0.2) is 66.7 Å². The molecule has 1 atom stereocenters. The number of amides is 1. The van der Waals surface area contributed by atoms with E-state index in [1.165, 1.54) is 0 Å². The molecule has 0 aliphatic rings. The van der Waals surface area contributed by atoms with E-state index in [4.69, 9.17) is 11.6 Å². The summed E-state index contributed by atoms with van der Waals surface area (Å²) >= 11 is 5.90. The van der Waals surface area contributed by atoms with Crippen LogP contribution < -0.4 is 10.6 Å². The molecule has 1 amide bonds. The first kappa shape index (κ1) is 16.9. The fourth-order valence-electron chi connectivity index (χ4n) is 2.34. The molecule has 25 heavy (non-hydrogen) atoms. The van der Waals surface area contributed by atoms with Gasteiger partial charge in [-0.1, -0.05) is 48.0 Å². The normalized spacial score (nSPS) is 11.6. The highest BCUT2D eigenvalue weighted by atomic mass is 35.5. The number of nitrogens with zero attached hydrogens (tertiary/aromatic N) is 2. The Balaban J connectivity index is 1.63. The Labute approximate surface area is 151 Å². The van der Waals surface area contributed by atoms with Crippen LogP contribution in [0.25, 0.3) is 0 Å². The minimum Gasteiger partial charge on any atom is -0.362 e. The Morgan fingerprint density at radius 2 is 1.68 bits per heavy atom. The summed E-state index contributed by atoms with van der Waals surface area (Å²) in [6, 6.07) is 20.4. The predicted octanol–water partition coefficient (Wildman–Crippen LogP) is 4.56. The lowest BCUT2D eigenvalue weighted by Gasteiger charge is -2.14. The number of nitrogens with one attached hydrogen (secondary N) is 2. The van der Waals surface area contributed by atoms with Crippen molar-refractivity contribution in [2.45, 2.75) is 13.0 Å². The van der Waals surface area contributed by atoms with Gasteiger partial charge in [0.2, 0.25) is 0 Å². The summed E-state index contributed by atoms with van der Waals surface area (Å²) in [5.74, 6) is 0.732. The molecule has 2 N–H and O–H groups in total. The van der Waals surface area contributed by atoms with Crippen molar-refractivity contribution in [3.63, 3.8) is 0 Å². The molecule has 3 rings (SSSR count). The molecule has 0 aliphatic carbocycles. The van der Waals surface area contributed by atoms with Gasteiger partial charge in [0, 0.05) is 16.6 Å². The summed E-state index contributed by atoms with van der Waals surface area (Å²) in [7, 11) is 0. The topological polar surface area (TPSA) is 66.9 Å². The van der Waals surface area contributed by atoms with E-state index in [1.807, 2.05) is 37.3 Å². The van der Waals surface area contributed by atoms with Gasteiger partial charge in [-0.15, -0.1) is 10.2 Å². The maximum Gasteiger partial charge on any atom is 0.256 e. The maximum atomic E-state index is 12.2. The standard InChI is InChI=1S/C19H17ClN4O/c1-13(14-6-3-2-4-7-14)21-17-10-11-18(24-23-17)22-19(25)15-8-5-9-16(20)12-15/h2-13H,1H3,(H,21,23)(H,22,24,25). The van der Waals surface area contributed by atoms with E-state index in [0.29, 0.717) is 22.2 Å². The second-order valence-corrected chi connectivity index (χ2v) is 5.98. The first-order valence-electron chi connectivity index (χ1n) is 7.84. The molecule has 0 aliphatic heterocycles. The maximum absolute atomic E-state index is 12.2. The van der Waals surface area contributed by atoms with E-state index >= 15 is 0 Å². The Hall–Kier alpha value is -2.92. The molecule has 1 heterocycles. The van der Waals surface area contributed by atoms with Gasteiger partial charge in [-0.25, -0.2) is 0 Å². The lowest BCUT2D eigenvalue weighted by atomic mass is 10.1. The third-order valence-electron chi connectivity index (χ3n) is 3.66. The molecular formula is C19H17ClN4O. The van der Waals surface area contributed by atoms with Crippen molar-refractivity contribution in [2.24, 2.45) is 0 Å². The van der Waals surface area contributed by atoms with Gasteiger partial charge < -0.3 is 10.6 Å². The third kappa shape index (κ3) is 4.55. The summed E-state index contributed by atoms with van der Waals surface area (Å²) in [5, 5.41) is 14.6. The van der Waals surface area contributed by atoms with Crippen LogP contribution in [0.3, 0.4) is 0 Å². The fraction of sp³-hybridized carbons (Fsp3) is 0.105. The van der Waals surface area contributed by atoms with Crippen LogP contribution in [0.2, 0.25) is 5.02 Å². The Morgan fingerprint density at radius 1 is 0.960 bits per heavy atom. The Kier molecular flexibility index (Phi) is 5.26. The molecule has 5 nitrogen and oxygen atoms in total. The van der Waals surface area contributed by atoms with Gasteiger partial charge in [-0.2, -0.15) is 0 Å². The molecule has 3 aromatic rings. The van der Waals surface area contributed by atoms with Gasteiger partial charge in [0.1, 0.15) is 5.82 Å². The average Bonchev–Trinajstić information content (AvgIpc) is 2.64. The first-order valence-corrected chi connectivity index (χ1v) is 8.22. The molecule has 6 heteroatoms. The van der Waals surface area contributed by atoms with Crippen LogP contribution in [0.5, 0.6) is 0 Å². The summed E-state index contributed by atoms with van der Waals surface area (Å²) in [6.07, 6.45) is 0. The molecule has 126 valence electrons. The van der Waals surface area contributed by atoms with E-state index in [1.54, 1.807) is 36.4 Å². The van der Waals surface area contributed by atoms with Crippen LogP contribution in [-0.4, -0.2) is 16.1 Å². The number of rotatable bonds is 5. The van der Waals surface area contributed by atoms with Gasteiger partial charge in [0.05, 0.1) is 0 Å². The predicted molar refractivity (Wildman–Crippen MR) is 99.9 cm³/mol. The number of benzene rings is 2. The quantitative estimate of drug-likeness (QED) is 0.706. The molecule has 0 fully saturated rings. The zero-order valence-corrected chi connectivity index (χ0v) is 14.4. The number of carbonyl (C=O) groups is 1. The highest BCUT2D eigenvalue weighted by Crippen LogP contribution is 2.18. The Morgan fingerprint density at radius 3 is 2.36 bits per heavy atom. The summed E-state index contributed by atoms with van der Waals surface area (Å²) in [5.41, 5.74) is 1.62. The molecule has 0 bridgehead atoms. The number of halogens is 1. The van der Waals surface area contributed by atoms with Gasteiger partial charge in [0.15, 0.2) is 5.82 Å². The molecule has 0 saturated heterocycles. The van der Waals surface area contributed by atoms with Crippen LogP contribution in [0.1, 0.15) is 28.9 Å². The van der Waals surface area contributed by atoms with Crippen molar-refractivity contribution in [3.8, 4) is 0 Å². The van der Waals surface area contributed by atoms with Crippen molar-refractivity contribution in [3.05, 3.63) is 82.9 Å². The van der Waals surface area contributed by atoms with E-state index in [0.717, 1.165) is 5.56 Å². The van der Waals surface area contributed by atoms with E-state index in [2.05, 4.69) is 20.8 Å². The summed E-state index contributed by atoms with van der Waals surface area (Å²) in [4.78, 5) is 12.2. The van der Waals surface area contributed by atoms with Crippen LogP contribution in [0.4, 0.5) is 11.6 Å². The minimum absolute atomic E-state index is 0.0994. The SMILES string of the molecule is CC(Nc1ccc(NC(=O)c2cccc(Cl)c2)nn1)c1ccccc1. The van der Waals surface area contributed by atoms with Gasteiger partial charge in [-0.3, -0.25) is 4.79 Å². The minimum atomic E-state index is -0.282. The van der Waals surface area contributed by atoms with E-state index in [-0.39, 0.29) is 11.9 Å². The smallest absolute Gasteiger partial charge is 0.256 e. The van der Waals surface area contributed by atoms with Crippen LogP contribution in [0, 0.1) is 0 Å². The fourth-order valence-corrected chi connectivity index (χ4v) is 2.53. The number of anilines is 2. The molecule has 1 unspecified atom stereocenters. The summed E-state index contributed by atoms with van der Waals surface area (Å²) in [6.45, 7) is 2.05. The third-order valence-corrected chi connectivity index (χ3v) is 3.89. The molecule has 2 aromatic carbocycles. The number of aromatic nitrogens is 2. The van der Waals surface area contributed by atoms with Gasteiger partial charge in [-0.05, 0) is 42.8 Å². The zero-order valence-electron chi connectivity index (χ0n) is 13.6. The summed E-state index contributed by atoms with van der Waals surface area (Å²) < 4.78 is 0. The largest absolute Gasteiger partial charge is 0.362 e. The van der Waals surface area contributed by atoms with Gasteiger partial charge >= 0.3 is 0 Å². The molecule has 0 radical (unpaired) electrons. The molecule has 1 aromatic heterocycles. The highest BCUT2D eigenvalue weighted by Gasteiger charge is 2.09. The van der Waals surface area contributed by atoms with Crippen LogP contribution in [-0.2, 0) is 0 Å². The molecular weight excluding hydrogens is 336 g/mol. The van der Waals surface area contributed by atoms with Crippen molar-refractivity contribution in [1.29, 1.82) is 0 Å². The van der Waals surface area contributed by atoms with E-state index < -0.39 is 0 Å². The van der Waals surface area contributed by atoms with Crippen molar-refractivity contribution in [1.82, 2.24) is 10.2 Å². The lowest BCUT2D eigenvalue weighted by molar-refractivity contribution is 0.102. The second kappa shape index (κ2) is 7.77. The van der Waals surface area contributed by atoms with E-state index in [9.17, 15) is 4.79 Å². The zero-order chi connectivity index (χ0) is 17.6. The molecule has 0 saturated carbocycles. The van der Waals surface area contributed by atoms with Crippen molar-refractivity contribution < 1.29 is 4.79 Å². The number of hydrogen-bond donors (Lipinski definition) is 2.